The van der Waals surface area contributed by atoms with Crippen LogP contribution in [0.4, 0.5) is 16.0 Å². The van der Waals surface area contributed by atoms with Crippen LogP contribution in [0.15, 0.2) is 60.8 Å². The van der Waals surface area contributed by atoms with Crippen LogP contribution in [0.25, 0.3) is 12.2 Å². The van der Waals surface area contributed by atoms with Gasteiger partial charge in [-0.3, -0.25) is 0 Å². The van der Waals surface area contributed by atoms with Crippen LogP contribution >= 0.6 is 0 Å². The first-order valence-electron chi connectivity index (χ1n) is 7.29. The molecule has 1 aromatic heterocycles. The lowest BCUT2D eigenvalue weighted by Gasteiger charge is -2.05. The molecule has 4 heteroatoms. The molecule has 0 saturated carbocycles. The predicted molar refractivity (Wildman–Crippen MR) is 91.8 cm³/mol. The first-order valence-corrected chi connectivity index (χ1v) is 7.29. The smallest absolute Gasteiger partial charge is 0.227 e. The molecule has 0 fully saturated rings. The molecule has 3 nitrogen and oxygen atoms in total. The third-order valence-electron chi connectivity index (χ3n) is 3.30. The van der Waals surface area contributed by atoms with E-state index in [4.69, 9.17) is 0 Å². The van der Waals surface area contributed by atoms with Crippen molar-refractivity contribution in [1.82, 2.24) is 9.97 Å². The summed E-state index contributed by atoms with van der Waals surface area (Å²) in [5.41, 5.74) is 3.83. The van der Waals surface area contributed by atoms with Gasteiger partial charge in [0.15, 0.2) is 0 Å². The average molecular weight is 305 g/mol. The van der Waals surface area contributed by atoms with Gasteiger partial charge in [-0.05, 0) is 48.9 Å². The van der Waals surface area contributed by atoms with Crippen molar-refractivity contribution in [3.05, 3.63) is 83.4 Å². The highest BCUT2D eigenvalue weighted by Gasteiger charge is 1.98. The van der Waals surface area contributed by atoms with Crippen molar-refractivity contribution in [2.24, 2.45) is 0 Å². The second kappa shape index (κ2) is 6.83. The second-order valence-electron chi connectivity index (χ2n) is 5.18. The molecule has 0 atom stereocenters. The molecule has 0 aliphatic rings. The number of aromatic nitrogens is 2. The Morgan fingerprint density at radius 2 is 1.65 bits per heavy atom. The topological polar surface area (TPSA) is 37.8 Å². The van der Waals surface area contributed by atoms with Crippen LogP contribution in [-0.4, -0.2) is 9.97 Å². The van der Waals surface area contributed by atoms with Crippen LogP contribution < -0.4 is 5.32 Å². The Bertz CT molecular complexity index is 809. The minimum absolute atomic E-state index is 0.242. The van der Waals surface area contributed by atoms with Gasteiger partial charge in [-0.15, -0.1) is 0 Å². The molecule has 1 N–H and O–H groups in total. The highest BCUT2D eigenvalue weighted by atomic mass is 19.1. The highest BCUT2D eigenvalue weighted by Crippen LogP contribution is 2.14. The minimum atomic E-state index is -0.242. The number of benzene rings is 2. The molecule has 0 aliphatic carbocycles. The number of nitrogens with zero attached hydrogens (tertiary/aromatic N) is 2. The maximum absolute atomic E-state index is 12.9. The number of rotatable bonds is 4. The van der Waals surface area contributed by atoms with Gasteiger partial charge in [-0.25, -0.2) is 14.4 Å². The molecular formula is C19H16FN3. The van der Waals surface area contributed by atoms with Crippen LogP contribution in [0.3, 0.4) is 0 Å². The van der Waals surface area contributed by atoms with Gasteiger partial charge < -0.3 is 5.32 Å². The molecule has 3 rings (SSSR count). The van der Waals surface area contributed by atoms with Gasteiger partial charge in [-0.2, -0.15) is 0 Å². The SMILES string of the molecule is Cc1ccc(Nc2nccc(/C=C/c3ccc(F)cc3)n2)cc1. The summed E-state index contributed by atoms with van der Waals surface area (Å²) < 4.78 is 12.9. The molecule has 0 bridgehead atoms. The molecule has 2 aromatic carbocycles. The Kier molecular flexibility index (Phi) is 4.43. The number of hydrogen-bond donors (Lipinski definition) is 1. The number of anilines is 2. The summed E-state index contributed by atoms with van der Waals surface area (Å²) in [5, 5.41) is 3.17. The van der Waals surface area contributed by atoms with E-state index in [1.807, 2.05) is 49.4 Å². The molecule has 0 aliphatic heterocycles. The molecule has 23 heavy (non-hydrogen) atoms. The largest absolute Gasteiger partial charge is 0.324 e. The van der Waals surface area contributed by atoms with Crippen molar-refractivity contribution in [3.63, 3.8) is 0 Å². The molecule has 114 valence electrons. The van der Waals surface area contributed by atoms with E-state index in [1.54, 1.807) is 18.3 Å². The van der Waals surface area contributed by atoms with Gasteiger partial charge in [0, 0.05) is 11.9 Å². The summed E-state index contributed by atoms with van der Waals surface area (Å²) in [5.74, 6) is 0.295. The molecule has 3 aromatic rings. The first kappa shape index (κ1) is 14.9. The molecular weight excluding hydrogens is 289 g/mol. The average Bonchev–Trinajstić information content (AvgIpc) is 2.57. The molecule has 0 saturated heterocycles. The Hall–Kier alpha value is -3.01. The molecule has 0 unspecified atom stereocenters. The molecule has 1 heterocycles. The van der Waals surface area contributed by atoms with Crippen LogP contribution in [0, 0.1) is 12.7 Å². The van der Waals surface area contributed by atoms with E-state index in [1.165, 1.54) is 17.7 Å². The van der Waals surface area contributed by atoms with Crippen LogP contribution in [-0.2, 0) is 0 Å². The van der Waals surface area contributed by atoms with Gasteiger partial charge in [0.2, 0.25) is 5.95 Å². The standard InChI is InChI=1S/C19H16FN3/c1-14-2-9-17(10-3-14)22-19-21-13-12-18(23-19)11-6-15-4-7-16(20)8-5-15/h2-13H,1H3,(H,21,22,23)/b11-6+. The fourth-order valence-corrected chi connectivity index (χ4v) is 2.05. The van der Waals surface area contributed by atoms with E-state index in [0.717, 1.165) is 16.9 Å². The minimum Gasteiger partial charge on any atom is -0.324 e. The molecule has 0 radical (unpaired) electrons. The van der Waals surface area contributed by atoms with Gasteiger partial charge in [0.1, 0.15) is 5.82 Å². The van der Waals surface area contributed by atoms with E-state index in [0.29, 0.717) is 5.95 Å². The number of nitrogens with one attached hydrogen (secondary N) is 1. The lowest BCUT2D eigenvalue weighted by Crippen LogP contribution is -1.97. The van der Waals surface area contributed by atoms with Crippen LogP contribution in [0.1, 0.15) is 16.8 Å². The van der Waals surface area contributed by atoms with Gasteiger partial charge >= 0.3 is 0 Å². The summed E-state index contributed by atoms with van der Waals surface area (Å²) in [7, 11) is 0. The second-order valence-corrected chi connectivity index (χ2v) is 5.18. The van der Waals surface area contributed by atoms with Crippen LogP contribution in [0.5, 0.6) is 0 Å². The molecule has 0 amide bonds. The Morgan fingerprint density at radius 1 is 0.913 bits per heavy atom. The van der Waals surface area contributed by atoms with Crippen molar-refractivity contribution in [2.75, 3.05) is 5.32 Å². The lowest BCUT2D eigenvalue weighted by atomic mass is 10.2. The fourth-order valence-electron chi connectivity index (χ4n) is 2.05. The van der Waals surface area contributed by atoms with E-state index in [-0.39, 0.29) is 5.82 Å². The third kappa shape index (κ3) is 4.23. The van der Waals surface area contributed by atoms with Gasteiger partial charge in [-0.1, -0.05) is 35.9 Å². The highest BCUT2D eigenvalue weighted by molar-refractivity contribution is 5.68. The maximum Gasteiger partial charge on any atom is 0.227 e. The lowest BCUT2D eigenvalue weighted by molar-refractivity contribution is 0.628. The Balaban J connectivity index is 1.74. The van der Waals surface area contributed by atoms with E-state index >= 15 is 0 Å². The zero-order chi connectivity index (χ0) is 16.1. The monoisotopic (exact) mass is 305 g/mol. The zero-order valence-corrected chi connectivity index (χ0v) is 12.7. The van der Waals surface area contributed by atoms with Crippen molar-refractivity contribution < 1.29 is 4.39 Å². The summed E-state index contributed by atoms with van der Waals surface area (Å²) in [6, 6.07) is 16.2. The number of aryl methyl sites for hydroxylation is 1. The summed E-state index contributed by atoms with van der Waals surface area (Å²) in [6.45, 7) is 2.04. The zero-order valence-electron chi connectivity index (χ0n) is 12.7. The maximum atomic E-state index is 12.9. The van der Waals surface area contributed by atoms with E-state index in [9.17, 15) is 4.39 Å². The van der Waals surface area contributed by atoms with Crippen molar-refractivity contribution in [1.29, 1.82) is 0 Å². The van der Waals surface area contributed by atoms with Crippen molar-refractivity contribution in [2.45, 2.75) is 6.92 Å². The normalized spacial score (nSPS) is 10.9. The van der Waals surface area contributed by atoms with E-state index < -0.39 is 0 Å². The fraction of sp³-hybridized carbons (Fsp3) is 0.0526. The van der Waals surface area contributed by atoms with Crippen molar-refractivity contribution >= 4 is 23.8 Å². The number of halogens is 1. The Labute approximate surface area is 134 Å². The van der Waals surface area contributed by atoms with Crippen molar-refractivity contribution in [3.8, 4) is 0 Å². The van der Waals surface area contributed by atoms with Crippen LogP contribution in [0.2, 0.25) is 0 Å². The summed E-state index contributed by atoms with van der Waals surface area (Å²) >= 11 is 0. The molecule has 0 spiro atoms. The summed E-state index contributed by atoms with van der Waals surface area (Å²) in [4.78, 5) is 8.66. The third-order valence-corrected chi connectivity index (χ3v) is 3.30. The van der Waals surface area contributed by atoms with E-state index in [2.05, 4.69) is 15.3 Å². The predicted octanol–water partition coefficient (Wildman–Crippen LogP) is 4.84. The van der Waals surface area contributed by atoms with Gasteiger partial charge in [0.25, 0.3) is 0 Å². The quantitative estimate of drug-likeness (QED) is 0.749. The Morgan fingerprint density at radius 3 is 2.39 bits per heavy atom. The van der Waals surface area contributed by atoms with Gasteiger partial charge in [0.05, 0.1) is 5.69 Å². The summed E-state index contributed by atoms with van der Waals surface area (Å²) in [6.07, 6.45) is 5.46. The first-order chi connectivity index (χ1) is 11.2. The number of hydrogen-bond acceptors (Lipinski definition) is 3.